The quantitative estimate of drug-likeness (QED) is 0.498. The van der Waals surface area contributed by atoms with E-state index in [2.05, 4.69) is 21.2 Å². The van der Waals surface area contributed by atoms with Crippen LogP contribution in [0.2, 0.25) is 0 Å². The van der Waals surface area contributed by atoms with E-state index in [0.717, 1.165) is 10.0 Å². The summed E-state index contributed by atoms with van der Waals surface area (Å²) in [5.74, 6) is -0.627. The second-order valence-corrected chi connectivity index (χ2v) is 7.23. The van der Waals surface area contributed by atoms with Gasteiger partial charge in [-0.2, -0.15) is 0 Å². The molecule has 3 aromatic carbocycles. The molecule has 0 aliphatic rings. The standard InChI is InChI=1S/C23H20BrNO4/c1-16(22(26)25-19-13-11-18(24)12-14-19)29-23(27)20-9-5-6-10-21(20)28-15-17-7-3-2-4-8-17/h2-14,16H,15H2,1H3,(H,25,26)/t16-/m1/s1. The highest BCUT2D eigenvalue weighted by molar-refractivity contribution is 9.10. The lowest BCUT2D eigenvalue weighted by Crippen LogP contribution is -2.30. The van der Waals surface area contributed by atoms with Gasteiger partial charge in [-0.15, -0.1) is 0 Å². The molecule has 0 aromatic heterocycles. The number of carbonyl (C=O) groups excluding carboxylic acids is 2. The molecule has 0 fully saturated rings. The lowest BCUT2D eigenvalue weighted by Gasteiger charge is -2.15. The van der Waals surface area contributed by atoms with Gasteiger partial charge in [0.1, 0.15) is 17.9 Å². The highest BCUT2D eigenvalue weighted by Crippen LogP contribution is 2.21. The van der Waals surface area contributed by atoms with Crippen LogP contribution < -0.4 is 10.1 Å². The van der Waals surface area contributed by atoms with Crippen LogP contribution in [0.4, 0.5) is 5.69 Å². The van der Waals surface area contributed by atoms with Gasteiger partial charge in [0, 0.05) is 10.2 Å². The van der Waals surface area contributed by atoms with Crippen molar-refractivity contribution < 1.29 is 19.1 Å². The summed E-state index contributed by atoms with van der Waals surface area (Å²) < 4.78 is 12.0. The number of benzene rings is 3. The maximum absolute atomic E-state index is 12.6. The van der Waals surface area contributed by atoms with Crippen molar-refractivity contribution in [1.29, 1.82) is 0 Å². The Kier molecular flexibility index (Phi) is 7.03. The highest BCUT2D eigenvalue weighted by atomic mass is 79.9. The molecule has 29 heavy (non-hydrogen) atoms. The monoisotopic (exact) mass is 453 g/mol. The first kappa shape index (κ1) is 20.6. The van der Waals surface area contributed by atoms with Crippen molar-refractivity contribution >= 4 is 33.5 Å². The first-order valence-corrected chi connectivity index (χ1v) is 9.85. The zero-order valence-electron chi connectivity index (χ0n) is 15.8. The number of rotatable bonds is 7. The number of ether oxygens (including phenoxy) is 2. The molecule has 0 unspecified atom stereocenters. The van der Waals surface area contributed by atoms with Gasteiger partial charge in [0.2, 0.25) is 0 Å². The van der Waals surface area contributed by atoms with E-state index in [9.17, 15) is 9.59 Å². The summed E-state index contributed by atoms with van der Waals surface area (Å²) in [6, 6.07) is 23.6. The maximum Gasteiger partial charge on any atom is 0.342 e. The van der Waals surface area contributed by atoms with Gasteiger partial charge in [-0.1, -0.05) is 58.4 Å². The number of esters is 1. The first-order chi connectivity index (χ1) is 14.0. The van der Waals surface area contributed by atoms with Gasteiger partial charge in [0.25, 0.3) is 5.91 Å². The first-order valence-electron chi connectivity index (χ1n) is 9.06. The Balaban J connectivity index is 1.62. The number of hydrogen-bond donors (Lipinski definition) is 1. The van der Waals surface area contributed by atoms with Crippen LogP contribution in [0.3, 0.4) is 0 Å². The highest BCUT2D eigenvalue weighted by Gasteiger charge is 2.21. The Morgan fingerprint density at radius 1 is 0.931 bits per heavy atom. The molecule has 0 spiro atoms. The molecular weight excluding hydrogens is 434 g/mol. The SMILES string of the molecule is C[C@@H](OC(=O)c1ccccc1OCc1ccccc1)C(=O)Nc1ccc(Br)cc1. The molecule has 1 N–H and O–H groups in total. The molecule has 3 rings (SSSR count). The van der Waals surface area contributed by atoms with E-state index in [1.165, 1.54) is 6.92 Å². The summed E-state index contributed by atoms with van der Waals surface area (Å²) >= 11 is 3.34. The Bertz CT molecular complexity index is 974. The number of para-hydroxylation sites is 1. The topological polar surface area (TPSA) is 64.6 Å². The lowest BCUT2D eigenvalue weighted by atomic mass is 10.2. The van der Waals surface area contributed by atoms with Crippen LogP contribution in [0, 0.1) is 0 Å². The maximum atomic E-state index is 12.6. The number of nitrogens with one attached hydrogen (secondary N) is 1. The predicted molar refractivity (Wildman–Crippen MR) is 115 cm³/mol. The van der Waals surface area contributed by atoms with Crippen LogP contribution >= 0.6 is 15.9 Å². The molecule has 0 aliphatic heterocycles. The molecule has 6 heteroatoms. The minimum absolute atomic E-state index is 0.270. The van der Waals surface area contributed by atoms with Crippen molar-refractivity contribution in [3.63, 3.8) is 0 Å². The second kappa shape index (κ2) is 9.89. The van der Waals surface area contributed by atoms with Gasteiger partial charge in [-0.25, -0.2) is 4.79 Å². The van der Waals surface area contributed by atoms with Crippen molar-refractivity contribution in [3.05, 3.63) is 94.5 Å². The molecule has 148 valence electrons. The van der Waals surface area contributed by atoms with Gasteiger partial charge in [0.05, 0.1) is 0 Å². The van der Waals surface area contributed by atoms with Crippen molar-refractivity contribution in [3.8, 4) is 5.75 Å². The number of halogens is 1. The van der Waals surface area contributed by atoms with E-state index in [-0.39, 0.29) is 5.56 Å². The van der Waals surface area contributed by atoms with Crippen LogP contribution in [-0.2, 0) is 16.1 Å². The van der Waals surface area contributed by atoms with Crippen LogP contribution in [0.25, 0.3) is 0 Å². The summed E-state index contributed by atoms with van der Waals surface area (Å²) in [6.45, 7) is 1.85. The number of amides is 1. The normalized spacial score (nSPS) is 11.4. The van der Waals surface area contributed by atoms with Crippen molar-refractivity contribution in [2.24, 2.45) is 0 Å². The molecular formula is C23H20BrNO4. The van der Waals surface area contributed by atoms with Gasteiger partial charge in [-0.3, -0.25) is 4.79 Å². The van der Waals surface area contributed by atoms with Crippen molar-refractivity contribution in [2.75, 3.05) is 5.32 Å². The van der Waals surface area contributed by atoms with Crippen LogP contribution in [0.1, 0.15) is 22.8 Å². The van der Waals surface area contributed by atoms with Crippen LogP contribution in [0.15, 0.2) is 83.3 Å². The average molecular weight is 454 g/mol. The van der Waals surface area contributed by atoms with E-state index in [0.29, 0.717) is 18.0 Å². The van der Waals surface area contributed by atoms with E-state index in [1.54, 1.807) is 36.4 Å². The molecule has 5 nitrogen and oxygen atoms in total. The van der Waals surface area contributed by atoms with Gasteiger partial charge < -0.3 is 14.8 Å². The Labute approximate surface area is 177 Å². The second-order valence-electron chi connectivity index (χ2n) is 6.31. The third kappa shape index (κ3) is 5.93. The summed E-state index contributed by atoms with van der Waals surface area (Å²) in [7, 11) is 0. The largest absolute Gasteiger partial charge is 0.488 e. The van der Waals surface area contributed by atoms with Crippen molar-refractivity contribution in [1.82, 2.24) is 0 Å². The fourth-order valence-electron chi connectivity index (χ4n) is 2.55. The molecule has 3 aromatic rings. The van der Waals surface area contributed by atoms with E-state index >= 15 is 0 Å². The fraction of sp³-hybridized carbons (Fsp3) is 0.130. The Hall–Kier alpha value is -3.12. The van der Waals surface area contributed by atoms with Gasteiger partial charge in [-0.05, 0) is 48.9 Å². The van der Waals surface area contributed by atoms with E-state index in [4.69, 9.17) is 9.47 Å². The van der Waals surface area contributed by atoms with Gasteiger partial charge >= 0.3 is 5.97 Å². The van der Waals surface area contributed by atoms with Gasteiger partial charge in [0.15, 0.2) is 6.10 Å². The smallest absolute Gasteiger partial charge is 0.342 e. The lowest BCUT2D eigenvalue weighted by molar-refractivity contribution is -0.123. The number of anilines is 1. The fourth-order valence-corrected chi connectivity index (χ4v) is 2.82. The Morgan fingerprint density at radius 3 is 2.31 bits per heavy atom. The Morgan fingerprint density at radius 2 is 1.59 bits per heavy atom. The predicted octanol–water partition coefficient (Wildman–Crippen LogP) is 5.21. The zero-order valence-corrected chi connectivity index (χ0v) is 17.4. The average Bonchev–Trinajstić information content (AvgIpc) is 2.74. The van der Waals surface area contributed by atoms with Crippen LogP contribution in [0.5, 0.6) is 5.75 Å². The zero-order chi connectivity index (χ0) is 20.6. The number of carbonyl (C=O) groups is 2. The van der Waals surface area contributed by atoms with E-state index < -0.39 is 18.0 Å². The molecule has 0 radical (unpaired) electrons. The molecule has 0 heterocycles. The molecule has 0 saturated heterocycles. The molecule has 1 atom stereocenters. The summed E-state index contributed by atoms with van der Waals surface area (Å²) in [6.07, 6.45) is -0.965. The summed E-state index contributed by atoms with van der Waals surface area (Å²) in [5, 5.41) is 2.72. The molecule has 0 aliphatic carbocycles. The summed E-state index contributed by atoms with van der Waals surface area (Å²) in [5.41, 5.74) is 1.87. The van der Waals surface area contributed by atoms with Crippen LogP contribution in [-0.4, -0.2) is 18.0 Å². The molecule has 0 saturated carbocycles. The number of hydrogen-bond acceptors (Lipinski definition) is 4. The minimum Gasteiger partial charge on any atom is -0.488 e. The molecule has 1 amide bonds. The summed E-state index contributed by atoms with van der Waals surface area (Å²) in [4.78, 5) is 24.9. The van der Waals surface area contributed by atoms with E-state index in [1.807, 2.05) is 42.5 Å². The molecule has 0 bridgehead atoms. The minimum atomic E-state index is -0.965. The third-order valence-electron chi connectivity index (χ3n) is 4.11. The third-order valence-corrected chi connectivity index (χ3v) is 4.64. The van der Waals surface area contributed by atoms with Crippen molar-refractivity contribution in [2.45, 2.75) is 19.6 Å².